The van der Waals surface area contributed by atoms with Crippen molar-refractivity contribution in [1.82, 2.24) is 0 Å². The number of amides is 1. The molecular weight excluding hydrogens is 346 g/mol. The summed E-state index contributed by atoms with van der Waals surface area (Å²) in [6, 6.07) is 16.3. The summed E-state index contributed by atoms with van der Waals surface area (Å²) in [5.74, 6) is -0.185. The van der Waals surface area contributed by atoms with Crippen molar-refractivity contribution in [3.63, 3.8) is 0 Å². The van der Waals surface area contributed by atoms with Gasteiger partial charge in [-0.3, -0.25) is 14.5 Å². The fraction of sp³-hybridized carbons (Fsp3) is 0.176. The lowest BCUT2D eigenvalue weighted by atomic mass is 10.0. The predicted molar refractivity (Wildman–Crippen MR) is 87.4 cm³/mol. The topological polar surface area (TPSA) is 46.6 Å². The van der Waals surface area contributed by atoms with Gasteiger partial charge in [0.25, 0.3) is 5.91 Å². The molecule has 112 valence electrons. The zero-order valence-corrected chi connectivity index (χ0v) is 13.5. The first-order valence-corrected chi connectivity index (χ1v) is 7.75. The van der Waals surface area contributed by atoms with E-state index in [2.05, 4.69) is 15.9 Å². The van der Waals surface area contributed by atoms with Crippen LogP contribution in [0.15, 0.2) is 54.6 Å². The molecule has 1 heterocycles. The van der Waals surface area contributed by atoms with Crippen molar-refractivity contribution in [1.29, 1.82) is 0 Å². The summed E-state index contributed by atoms with van der Waals surface area (Å²) >= 11 is 3.38. The zero-order chi connectivity index (χ0) is 15.7. The Hall–Kier alpha value is -2.14. The van der Waals surface area contributed by atoms with Crippen molar-refractivity contribution in [3.05, 3.63) is 60.2 Å². The second kappa shape index (κ2) is 5.93. The summed E-state index contributed by atoms with van der Waals surface area (Å²) in [7, 11) is 1.60. The van der Waals surface area contributed by atoms with E-state index >= 15 is 0 Å². The van der Waals surface area contributed by atoms with Crippen LogP contribution in [-0.4, -0.2) is 23.6 Å². The van der Waals surface area contributed by atoms with Crippen LogP contribution >= 0.6 is 15.9 Å². The SMILES string of the molecule is COc1ccc([C@@H]2[C@H](Br)C(=O)C(=O)N2c2ccccc2)cc1. The molecule has 0 spiro atoms. The number of hydrogen-bond acceptors (Lipinski definition) is 3. The van der Waals surface area contributed by atoms with Crippen molar-refractivity contribution in [3.8, 4) is 5.75 Å². The molecule has 1 aliphatic heterocycles. The Morgan fingerprint density at radius 2 is 1.64 bits per heavy atom. The lowest BCUT2D eigenvalue weighted by Gasteiger charge is -2.26. The smallest absolute Gasteiger partial charge is 0.296 e. The van der Waals surface area contributed by atoms with Gasteiger partial charge in [0, 0.05) is 5.69 Å². The van der Waals surface area contributed by atoms with Crippen molar-refractivity contribution in [2.24, 2.45) is 0 Å². The maximum atomic E-state index is 12.3. The Morgan fingerprint density at radius 1 is 1.00 bits per heavy atom. The summed E-state index contributed by atoms with van der Waals surface area (Å²) in [6.07, 6.45) is 0. The van der Waals surface area contributed by atoms with Crippen LogP contribution < -0.4 is 9.64 Å². The molecular formula is C17H14BrNO3. The second-order valence-corrected chi connectivity index (χ2v) is 5.98. The molecule has 1 saturated heterocycles. The number of ketones is 1. The first kappa shape index (κ1) is 14.8. The Morgan fingerprint density at radius 3 is 2.23 bits per heavy atom. The number of rotatable bonds is 3. The molecule has 0 bridgehead atoms. The number of benzene rings is 2. The number of alkyl halides is 1. The summed E-state index contributed by atoms with van der Waals surface area (Å²) in [5.41, 5.74) is 1.59. The Labute approximate surface area is 136 Å². The fourth-order valence-corrected chi connectivity index (χ4v) is 3.36. The molecule has 2 aromatic carbocycles. The first-order chi connectivity index (χ1) is 10.6. The Kier molecular flexibility index (Phi) is 3.98. The number of methoxy groups -OCH3 is 1. The van der Waals surface area contributed by atoms with Gasteiger partial charge in [-0.15, -0.1) is 0 Å². The summed E-state index contributed by atoms with van der Waals surface area (Å²) < 4.78 is 5.15. The molecule has 5 heteroatoms. The highest BCUT2D eigenvalue weighted by atomic mass is 79.9. The number of halogens is 1. The highest BCUT2D eigenvalue weighted by Gasteiger charge is 2.47. The van der Waals surface area contributed by atoms with E-state index in [9.17, 15) is 9.59 Å². The molecule has 0 radical (unpaired) electrons. The second-order valence-electron chi connectivity index (χ2n) is 4.99. The molecule has 0 saturated carbocycles. The molecule has 3 rings (SSSR count). The Balaban J connectivity index is 2.05. The minimum absolute atomic E-state index is 0.367. The summed E-state index contributed by atoms with van der Waals surface area (Å²) in [5, 5.41) is 0. The summed E-state index contributed by atoms with van der Waals surface area (Å²) in [6.45, 7) is 0. The minimum atomic E-state index is -0.561. The quantitative estimate of drug-likeness (QED) is 0.624. The van der Waals surface area contributed by atoms with E-state index in [0.717, 1.165) is 11.3 Å². The number of anilines is 1. The lowest BCUT2D eigenvalue weighted by molar-refractivity contribution is -0.133. The van der Waals surface area contributed by atoms with E-state index in [-0.39, 0.29) is 6.04 Å². The molecule has 2 atom stereocenters. The Bertz CT molecular complexity index is 700. The fourth-order valence-electron chi connectivity index (χ4n) is 2.62. The standard InChI is InChI=1S/C17H14BrNO3/c1-22-13-9-7-11(8-10-13)15-14(18)16(20)17(21)19(15)12-5-3-2-4-6-12/h2-10,14-15H,1H3/t14-,15+/m0/s1. The molecule has 0 unspecified atom stereocenters. The van der Waals surface area contributed by atoms with Crippen LogP contribution in [0.4, 0.5) is 5.69 Å². The number of nitrogens with zero attached hydrogens (tertiary/aromatic N) is 1. The van der Waals surface area contributed by atoms with Gasteiger partial charge in [-0.25, -0.2) is 0 Å². The molecule has 22 heavy (non-hydrogen) atoms. The van der Waals surface area contributed by atoms with Crippen LogP contribution in [-0.2, 0) is 9.59 Å². The third-order valence-electron chi connectivity index (χ3n) is 3.73. The molecule has 0 aromatic heterocycles. The van der Waals surface area contributed by atoms with Gasteiger partial charge in [0.1, 0.15) is 10.6 Å². The zero-order valence-electron chi connectivity index (χ0n) is 11.9. The largest absolute Gasteiger partial charge is 0.497 e. The number of Topliss-reactive ketones (excluding diaryl/α,β-unsaturated/α-hetero) is 1. The van der Waals surface area contributed by atoms with Crippen molar-refractivity contribution in [2.75, 3.05) is 12.0 Å². The predicted octanol–water partition coefficient (Wildman–Crippen LogP) is 3.12. The maximum absolute atomic E-state index is 12.3. The maximum Gasteiger partial charge on any atom is 0.296 e. The van der Waals surface area contributed by atoms with E-state index in [1.165, 1.54) is 0 Å². The van der Waals surface area contributed by atoms with Gasteiger partial charge < -0.3 is 4.74 Å². The third kappa shape index (κ3) is 2.41. The highest BCUT2D eigenvalue weighted by Crippen LogP contribution is 2.39. The van der Waals surface area contributed by atoms with Gasteiger partial charge in [-0.2, -0.15) is 0 Å². The molecule has 1 fully saturated rings. The number of hydrogen-bond donors (Lipinski definition) is 0. The van der Waals surface area contributed by atoms with E-state index < -0.39 is 16.5 Å². The number of carbonyl (C=O) groups excluding carboxylic acids is 2. The highest BCUT2D eigenvalue weighted by molar-refractivity contribution is 9.10. The molecule has 0 aliphatic carbocycles. The van der Waals surface area contributed by atoms with E-state index in [0.29, 0.717) is 5.69 Å². The molecule has 0 N–H and O–H groups in total. The average Bonchev–Trinajstić information content (AvgIpc) is 2.80. The van der Waals surface area contributed by atoms with Gasteiger partial charge in [-0.1, -0.05) is 46.3 Å². The van der Waals surface area contributed by atoms with Crippen LogP contribution in [0.5, 0.6) is 5.75 Å². The first-order valence-electron chi connectivity index (χ1n) is 6.84. The lowest BCUT2D eigenvalue weighted by Crippen LogP contribution is -2.29. The van der Waals surface area contributed by atoms with Gasteiger partial charge in [0.2, 0.25) is 5.78 Å². The normalized spacial score (nSPS) is 21.3. The molecule has 2 aromatic rings. The van der Waals surface area contributed by atoms with Crippen LogP contribution in [0.25, 0.3) is 0 Å². The third-order valence-corrected chi connectivity index (χ3v) is 4.64. The van der Waals surface area contributed by atoms with Gasteiger partial charge in [0.05, 0.1) is 13.2 Å². The number of para-hydroxylation sites is 1. The molecule has 1 amide bonds. The van der Waals surface area contributed by atoms with E-state index in [1.807, 2.05) is 54.6 Å². The number of ether oxygens (including phenoxy) is 1. The molecule has 4 nitrogen and oxygen atoms in total. The van der Waals surface area contributed by atoms with E-state index in [4.69, 9.17) is 4.74 Å². The van der Waals surface area contributed by atoms with Crippen molar-refractivity contribution in [2.45, 2.75) is 10.9 Å². The monoisotopic (exact) mass is 359 g/mol. The molecule has 1 aliphatic rings. The van der Waals surface area contributed by atoms with Crippen molar-refractivity contribution < 1.29 is 14.3 Å². The van der Waals surface area contributed by atoms with Crippen LogP contribution in [0, 0.1) is 0 Å². The van der Waals surface area contributed by atoms with Crippen molar-refractivity contribution >= 4 is 33.3 Å². The van der Waals surface area contributed by atoms with Gasteiger partial charge in [-0.05, 0) is 29.8 Å². The van der Waals surface area contributed by atoms with E-state index in [1.54, 1.807) is 12.0 Å². The minimum Gasteiger partial charge on any atom is -0.497 e. The van der Waals surface area contributed by atoms with Gasteiger partial charge in [0.15, 0.2) is 0 Å². The number of carbonyl (C=O) groups is 2. The van der Waals surface area contributed by atoms with Crippen LogP contribution in [0.2, 0.25) is 0 Å². The van der Waals surface area contributed by atoms with Crippen LogP contribution in [0.3, 0.4) is 0 Å². The van der Waals surface area contributed by atoms with Crippen LogP contribution in [0.1, 0.15) is 11.6 Å². The average molecular weight is 360 g/mol. The van der Waals surface area contributed by atoms with Gasteiger partial charge >= 0.3 is 0 Å². The summed E-state index contributed by atoms with van der Waals surface area (Å²) in [4.78, 5) is 25.5.